The molecule has 8 atom stereocenters. The molecule has 0 radical (unpaired) electrons. The first-order valence-electron chi connectivity index (χ1n) is 10.5. The molecule has 3 fully saturated rings. The van der Waals surface area contributed by atoms with Crippen molar-refractivity contribution in [2.45, 2.75) is 90.3 Å². The predicted octanol–water partition coefficient (Wildman–Crippen LogP) is 4.94. The third kappa shape index (κ3) is 2.47. The van der Waals surface area contributed by atoms with E-state index in [9.17, 15) is 19.0 Å². The van der Waals surface area contributed by atoms with Crippen molar-refractivity contribution in [3.05, 3.63) is 11.6 Å². The topological polar surface area (TPSA) is 40.5 Å². The number of halogens is 2. The minimum atomic E-state index is -2.68. The van der Waals surface area contributed by atoms with Crippen molar-refractivity contribution in [3.63, 3.8) is 0 Å². The highest BCUT2D eigenvalue weighted by Gasteiger charge is 2.62. The van der Waals surface area contributed by atoms with Gasteiger partial charge in [-0.25, -0.2) is 8.78 Å². The zero-order valence-corrected chi connectivity index (χ0v) is 16.3. The zero-order chi connectivity index (χ0) is 18.9. The van der Waals surface area contributed by atoms with Crippen molar-refractivity contribution < 1.29 is 19.0 Å². The number of rotatable bonds is 2. The molecule has 148 valence electrons. The quantitative estimate of drug-likeness (QED) is 0.678. The third-order valence-corrected chi connectivity index (χ3v) is 9.23. The Labute approximate surface area is 156 Å². The van der Waals surface area contributed by atoms with Gasteiger partial charge in [0.2, 0.25) is 0 Å². The van der Waals surface area contributed by atoms with Gasteiger partial charge in [-0.05, 0) is 92.8 Å². The monoisotopic (exact) mass is 368 g/mol. The highest BCUT2D eigenvalue weighted by molar-refractivity contribution is 5.25. The Balaban J connectivity index is 1.64. The molecule has 0 aromatic rings. The van der Waals surface area contributed by atoms with Gasteiger partial charge in [0.25, 0.3) is 6.43 Å². The number of aliphatic hydroxyl groups excluding tert-OH is 1. The fourth-order valence-corrected chi connectivity index (χ4v) is 7.75. The van der Waals surface area contributed by atoms with Gasteiger partial charge in [-0.3, -0.25) is 0 Å². The van der Waals surface area contributed by atoms with Gasteiger partial charge in [0.1, 0.15) is 5.60 Å². The minimum Gasteiger partial charge on any atom is -0.393 e. The molecular formula is C22H34F2O2. The number of aliphatic hydroxyl groups is 2. The summed E-state index contributed by atoms with van der Waals surface area (Å²) in [5.41, 5.74) is -0.454. The summed E-state index contributed by atoms with van der Waals surface area (Å²) in [6, 6.07) is 0. The average molecular weight is 369 g/mol. The number of hydrogen-bond donors (Lipinski definition) is 2. The van der Waals surface area contributed by atoms with Crippen LogP contribution in [-0.4, -0.2) is 28.3 Å². The van der Waals surface area contributed by atoms with Crippen LogP contribution in [0.1, 0.15) is 72.1 Å². The van der Waals surface area contributed by atoms with Crippen LogP contribution in [0.15, 0.2) is 11.6 Å². The van der Waals surface area contributed by atoms with Crippen molar-refractivity contribution in [2.24, 2.45) is 34.5 Å². The molecule has 0 spiro atoms. The first kappa shape index (κ1) is 18.9. The molecule has 0 aromatic carbocycles. The van der Waals surface area contributed by atoms with Crippen LogP contribution < -0.4 is 0 Å². The molecule has 0 unspecified atom stereocenters. The molecular weight excluding hydrogens is 334 g/mol. The first-order valence-corrected chi connectivity index (χ1v) is 10.5. The summed E-state index contributed by atoms with van der Waals surface area (Å²) < 4.78 is 27.1. The van der Waals surface area contributed by atoms with Crippen molar-refractivity contribution >= 4 is 0 Å². The molecule has 4 aliphatic rings. The molecule has 2 nitrogen and oxygen atoms in total. The summed E-state index contributed by atoms with van der Waals surface area (Å²) in [6.45, 7) is 5.91. The lowest BCUT2D eigenvalue weighted by Gasteiger charge is -2.58. The van der Waals surface area contributed by atoms with E-state index in [4.69, 9.17) is 0 Å². The van der Waals surface area contributed by atoms with Crippen LogP contribution in [0.25, 0.3) is 0 Å². The second kappa shape index (κ2) is 6.01. The van der Waals surface area contributed by atoms with Gasteiger partial charge in [-0.15, -0.1) is 0 Å². The number of alkyl halides is 2. The number of hydrogen-bond acceptors (Lipinski definition) is 2. The average Bonchev–Trinajstić information content (AvgIpc) is 2.93. The van der Waals surface area contributed by atoms with Crippen LogP contribution in [0.5, 0.6) is 0 Å². The maximum absolute atomic E-state index is 13.6. The molecule has 0 bridgehead atoms. The SMILES string of the molecule is C[C@]12CC[C@H]3[C@@H](CC=C4C[C@@H](O)CC[C@@]43C)[C@@H]1CC[C@@H]2[C@@](C)(O)C(F)F. The minimum absolute atomic E-state index is 0.173. The van der Waals surface area contributed by atoms with E-state index >= 15 is 0 Å². The van der Waals surface area contributed by atoms with E-state index in [-0.39, 0.29) is 22.9 Å². The molecule has 0 aromatic heterocycles. The largest absolute Gasteiger partial charge is 0.393 e. The standard InChI is InChI=1S/C22H34F2O2/c1-20-10-8-14(25)12-13(20)4-5-15-16-6-7-18(22(3,26)19(23)24)21(16,2)11-9-17(15)20/h4,14-19,25-26H,5-12H2,1-3H3/t14-,15-,16-,17-,18-,20-,21-,22+/m0/s1. The lowest BCUT2D eigenvalue weighted by atomic mass is 9.47. The summed E-state index contributed by atoms with van der Waals surface area (Å²) in [5, 5.41) is 20.7. The first-order chi connectivity index (χ1) is 12.1. The number of fused-ring (bicyclic) bond motifs is 5. The van der Waals surface area contributed by atoms with E-state index in [0.29, 0.717) is 24.2 Å². The van der Waals surface area contributed by atoms with Crippen molar-refractivity contribution in [1.29, 1.82) is 0 Å². The Hall–Kier alpha value is -0.480. The second-order valence-corrected chi connectivity index (χ2v) is 10.4. The van der Waals surface area contributed by atoms with Gasteiger partial charge < -0.3 is 10.2 Å². The fourth-order valence-electron chi connectivity index (χ4n) is 7.75. The zero-order valence-electron chi connectivity index (χ0n) is 16.3. The van der Waals surface area contributed by atoms with E-state index in [1.165, 1.54) is 12.5 Å². The van der Waals surface area contributed by atoms with E-state index in [1.807, 2.05) is 0 Å². The van der Waals surface area contributed by atoms with Crippen LogP contribution in [0.2, 0.25) is 0 Å². The van der Waals surface area contributed by atoms with Crippen LogP contribution >= 0.6 is 0 Å². The lowest BCUT2D eigenvalue weighted by Crippen LogP contribution is -2.54. The van der Waals surface area contributed by atoms with Crippen LogP contribution in [0, 0.1) is 34.5 Å². The summed E-state index contributed by atoms with van der Waals surface area (Å²) in [4.78, 5) is 0. The summed E-state index contributed by atoms with van der Waals surface area (Å²) in [5.74, 6) is 1.25. The Morgan fingerprint density at radius 1 is 1.12 bits per heavy atom. The van der Waals surface area contributed by atoms with E-state index < -0.39 is 12.0 Å². The van der Waals surface area contributed by atoms with Crippen molar-refractivity contribution in [1.82, 2.24) is 0 Å². The maximum Gasteiger partial charge on any atom is 0.266 e. The highest BCUT2D eigenvalue weighted by Crippen LogP contribution is 2.67. The van der Waals surface area contributed by atoms with Crippen LogP contribution in [0.4, 0.5) is 8.78 Å². The second-order valence-electron chi connectivity index (χ2n) is 10.4. The highest BCUT2D eigenvalue weighted by atomic mass is 19.3. The van der Waals surface area contributed by atoms with Gasteiger partial charge in [0.15, 0.2) is 0 Å². The van der Waals surface area contributed by atoms with E-state index in [2.05, 4.69) is 19.9 Å². The number of allylic oxidation sites excluding steroid dienone is 1. The smallest absolute Gasteiger partial charge is 0.266 e. The molecule has 0 aliphatic heterocycles. The third-order valence-electron chi connectivity index (χ3n) is 9.23. The molecule has 0 heterocycles. The fraction of sp³-hybridized carbons (Fsp3) is 0.909. The molecule has 0 amide bonds. The van der Waals surface area contributed by atoms with Crippen LogP contribution in [0.3, 0.4) is 0 Å². The van der Waals surface area contributed by atoms with Gasteiger partial charge in [-0.2, -0.15) is 0 Å². The van der Waals surface area contributed by atoms with E-state index in [1.54, 1.807) is 0 Å². The normalized spacial score (nSPS) is 50.5. The van der Waals surface area contributed by atoms with Gasteiger partial charge in [0, 0.05) is 0 Å². The Bertz CT molecular complexity index is 601. The molecule has 4 rings (SSSR count). The molecule has 4 aliphatic carbocycles. The summed E-state index contributed by atoms with van der Waals surface area (Å²) in [6.07, 6.45) is 6.93. The Kier molecular flexibility index (Phi) is 4.36. The summed E-state index contributed by atoms with van der Waals surface area (Å²) >= 11 is 0. The van der Waals surface area contributed by atoms with Gasteiger partial charge >= 0.3 is 0 Å². The molecule has 2 N–H and O–H groups in total. The summed E-state index contributed by atoms with van der Waals surface area (Å²) in [7, 11) is 0. The Morgan fingerprint density at radius 2 is 1.85 bits per heavy atom. The van der Waals surface area contributed by atoms with Gasteiger partial charge in [-0.1, -0.05) is 25.5 Å². The predicted molar refractivity (Wildman–Crippen MR) is 97.8 cm³/mol. The molecule has 3 saturated carbocycles. The van der Waals surface area contributed by atoms with E-state index in [0.717, 1.165) is 44.9 Å². The molecule has 4 heteroatoms. The molecule has 26 heavy (non-hydrogen) atoms. The van der Waals surface area contributed by atoms with Crippen molar-refractivity contribution in [2.75, 3.05) is 0 Å². The van der Waals surface area contributed by atoms with Gasteiger partial charge in [0.05, 0.1) is 6.10 Å². The van der Waals surface area contributed by atoms with Crippen LogP contribution in [-0.2, 0) is 0 Å². The van der Waals surface area contributed by atoms with Crippen molar-refractivity contribution in [3.8, 4) is 0 Å². The maximum atomic E-state index is 13.6. The Morgan fingerprint density at radius 3 is 2.54 bits per heavy atom. The lowest BCUT2D eigenvalue weighted by molar-refractivity contribution is -0.162. The molecule has 0 saturated heterocycles.